The van der Waals surface area contributed by atoms with Crippen LogP contribution in [0.1, 0.15) is 27.6 Å². The molecule has 3 nitrogen and oxygen atoms in total. The van der Waals surface area contributed by atoms with E-state index in [2.05, 4.69) is 0 Å². The molecule has 120 valence electrons. The van der Waals surface area contributed by atoms with Crippen molar-refractivity contribution in [3.05, 3.63) is 69.7 Å². The van der Waals surface area contributed by atoms with Crippen molar-refractivity contribution < 1.29 is 14.7 Å². The van der Waals surface area contributed by atoms with E-state index in [9.17, 15) is 9.59 Å². The van der Waals surface area contributed by atoms with Gasteiger partial charge in [0, 0.05) is 17.2 Å². The molecule has 1 unspecified atom stereocenters. The lowest BCUT2D eigenvalue weighted by Crippen LogP contribution is -2.08. The molecule has 1 atom stereocenters. The number of hydrogen-bond acceptors (Lipinski definition) is 3. The second-order valence-electron chi connectivity index (χ2n) is 4.86. The maximum atomic E-state index is 12.4. The number of ketones is 1. The van der Waals surface area contributed by atoms with E-state index < -0.39 is 5.97 Å². The third kappa shape index (κ3) is 5.27. The molecule has 0 aliphatic heterocycles. The van der Waals surface area contributed by atoms with Crippen molar-refractivity contribution in [2.75, 3.05) is 5.75 Å². The molecule has 0 spiro atoms. The number of carboxylic acid groups (broad SMARTS) is 1. The van der Waals surface area contributed by atoms with Crippen LogP contribution in [0.4, 0.5) is 0 Å². The van der Waals surface area contributed by atoms with Gasteiger partial charge in [0.05, 0.1) is 15.8 Å². The lowest BCUT2D eigenvalue weighted by Gasteiger charge is -2.16. The average molecular weight is 369 g/mol. The van der Waals surface area contributed by atoms with Gasteiger partial charge in [-0.3, -0.25) is 9.59 Å². The summed E-state index contributed by atoms with van der Waals surface area (Å²) in [6.45, 7) is 0. The van der Waals surface area contributed by atoms with E-state index >= 15 is 0 Å². The molecule has 2 rings (SSSR count). The Morgan fingerprint density at radius 2 is 1.74 bits per heavy atom. The maximum absolute atomic E-state index is 12.4. The highest BCUT2D eigenvalue weighted by Crippen LogP contribution is 2.36. The summed E-state index contributed by atoms with van der Waals surface area (Å²) in [5, 5.41) is 9.42. The first-order valence-electron chi connectivity index (χ1n) is 6.84. The van der Waals surface area contributed by atoms with Crippen molar-refractivity contribution in [2.24, 2.45) is 0 Å². The van der Waals surface area contributed by atoms with Crippen molar-refractivity contribution in [3.8, 4) is 0 Å². The van der Waals surface area contributed by atoms with Crippen LogP contribution in [-0.2, 0) is 4.79 Å². The fourth-order valence-electron chi connectivity index (χ4n) is 2.07. The summed E-state index contributed by atoms with van der Waals surface area (Å²) in [5.74, 6) is -1.06. The van der Waals surface area contributed by atoms with Crippen LogP contribution in [0.25, 0.3) is 0 Å². The summed E-state index contributed by atoms with van der Waals surface area (Å²) in [7, 11) is 0. The molecule has 0 aliphatic carbocycles. The number of carbonyl (C=O) groups excluding carboxylic acids is 1. The molecule has 0 radical (unpaired) electrons. The Hall–Kier alpha value is -1.49. The molecule has 1 N–H and O–H groups in total. The number of rotatable bonds is 7. The molecule has 0 saturated carbocycles. The lowest BCUT2D eigenvalue weighted by atomic mass is 10.0. The quantitative estimate of drug-likeness (QED) is 0.688. The fraction of sp³-hybridized carbons (Fsp3) is 0.176. The van der Waals surface area contributed by atoms with Crippen molar-refractivity contribution >= 4 is 46.7 Å². The highest BCUT2D eigenvalue weighted by molar-refractivity contribution is 8.00. The molecule has 0 aliphatic rings. The first-order chi connectivity index (χ1) is 11.0. The van der Waals surface area contributed by atoms with Crippen LogP contribution in [0.5, 0.6) is 0 Å². The summed E-state index contributed by atoms with van der Waals surface area (Å²) < 4.78 is 0. The monoisotopic (exact) mass is 368 g/mol. The molecule has 23 heavy (non-hydrogen) atoms. The first-order valence-corrected chi connectivity index (χ1v) is 8.64. The number of thioether (sulfide) groups is 1. The Bertz CT molecular complexity index is 704. The van der Waals surface area contributed by atoms with Gasteiger partial charge >= 0.3 is 5.97 Å². The SMILES string of the molecule is O=C(O)CSC(CC(=O)c1ccccc1)c1ccc(Cl)c(Cl)c1. The highest BCUT2D eigenvalue weighted by atomic mass is 35.5. The van der Waals surface area contributed by atoms with Gasteiger partial charge in [-0.2, -0.15) is 0 Å². The predicted octanol–water partition coefficient (Wildman–Crippen LogP) is 5.13. The van der Waals surface area contributed by atoms with Crippen LogP contribution in [0.15, 0.2) is 48.5 Å². The van der Waals surface area contributed by atoms with Gasteiger partial charge in [0.2, 0.25) is 0 Å². The summed E-state index contributed by atoms with van der Waals surface area (Å²) >= 11 is 13.1. The van der Waals surface area contributed by atoms with Crippen LogP contribution >= 0.6 is 35.0 Å². The molecule has 0 bridgehead atoms. The van der Waals surface area contributed by atoms with Crippen molar-refractivity contribution in [1.29, 1.82) is 0 Å². The maximum Gasteiger partial charge on any atom is 0.313 e. The summed E-state index contributed by atoms with van der Waals surface area (Å²) in [6.07, 6.45) is 0.194. The van der Waals surface area contributed by atoms with E-state index in [1.165, 1.54) is 11.8 Å². The molecule has 2 aromatic carbocycles. The van der Waals surface area contributed by atoms with E-state index in [0.717, 1.165) is 5.56 Å². The van der Waals surface area contributed by atoms with Gasteiger partial charge in [-0.15, -0.1) is 11.8 Å². The van der Waals surface area contributed by atoms with E-state index in [4.69, 9.17) is 28.3 Å². The Kier molecular flexibility index (Phi) is 6.51. The average Bonchev–Trinajstić information content (AvgIpc) is 2.54. The van der Waals surface area contributed by atoms with Crippen LogP contribution in [-0.4, -0.2) is 22.6 Å². The van der Waals surface area contributed by atoms with E-state index in [1.54, 1.807) is 42.5 Å². The van der Waals surface area contributed by atoms with Crippen LogP contribution in [0, 0.1) is 0 Å². The van der Waals surface area contributed by atoms with Crippen LogP contribution in [0.3, 0.4) is 0 Å². The second kappa shape index (κ2) is 8.39. The van der Waals surface area contributed by atoms with Crippen molar-refractivity contribution in [1.82, 2.24) is 0 Å². The molecular formula is C17H14Cl2O3S. The number of halogens is 2. The summed E-state index contributed by atoms with van der Waals surface area (Å²) in [6, 6.07) is 14.0. The Morgan fingerprint density at radius 1 is 1.04 bits per heavy atom. The second-order valence-corrected chi connectivity index (χ2v) is 6.87. The van der Waals surface area contributed by atoms with E-state index in [0.29, 0.717) is 15.6 Å². The van der Waals surface area contributed by atoms with Gasteiger partial charge in [0.1, 0.15) is 0 Å². The smallest absolute Gasteiger partial charge is 0.313 e. The number of hydrogen-bond donors (Lipinski definition) is 1. The van der Waals surface area contributed by atoms with Gasteiger partial charge in [-0.25, -0.2) is 0 Å². The molecule has 0 heterocycles. The van der Waals surface area contributed by atoms with Gasteiger partial charge in [0.25, 0.3) is 0 Å². The van der Waals surface area contributed by atoms with Gasteiger partial charge in [-0.1, -0.05) is 59.6 Å². The number of carboxylic acids is 1. The minimum absolute atomic E-state index is 0.0421. The highest BCUT2D eigenvalue weighted by Gasteiger charge is 2.19. The first kappa shape index (κ1) is 17.9. The van der Waals surface area contributed by atoms with Crippen LogP contribution in [0.2, 0.25) is 10.0 Å². The normalized spacial score (nSPS) is 11.9. The largest absolute Gasteiger partial charge is 0.481 e. The molecule has 0 saturated heterocycles. The molecule has 2 aromatic rings. The molecular weight excluding hydrogens is 355 g/mol. The minimum atomic E-state index is -0.924. The van der Waals surface area contributed by atoms with Gasteiger partial charge in [0.15, 0.2) is 5.78 Å². The Labute approximate surface area is 148 Å². The summed E-state index contributed by atoms with van der Waals surface area (Å²) in [4.78, 5) is 23.3. The Balaban J connectivity index is 2.21. The fourth-order valence-corrected chi connectivity index (χ4v) is 3.33. The number of benzene rings is 2. The zero-order valence-electron chi connectivity index (χ0n) is 12.0. The van der Waals surface area contributed by atoms with Gasteiger partial charge < -0.3 is 5.11 Å². The van der Waals surface area contributed by atoms with Crippen molar-refractivity contribution in [2.45, 2.75) is 11.7 Å². The molecule has 0 aromatic heterocycles. The molecule has 0 fully saturated rings. The zero-order valence-corrected chi connectivity index (χ0v) is 14.4. The van der Waals surface area contributed by atoms with E-state index in [-0.39, 0.29) is 23.2 Å². The predicted molar refractivity (Wildman–Crippen MR) is 94.7 cm³/mol. The third-order valence-corrected chi connectivity index (χ3v) is 5.18. The van der Waals surface area contributed by atoms with E-state index in [1.807, 2.05) is 6.07 Å². The van der Waals surface area contributed by atoms with Crippen LogP contribution < -0.4 is 0 Å². The number of carbonyl (C=O) groups is 2. The van der Waals surface area contributed by atoms with Gasteiger partial charge in [-0.05, 0) is 17.7 Å². The number of aliphatic carboxylic acids is 1. The standard InChI is InChI=1S/C17H14Cl2O3S/c18-13-7-6-12(8-14(13)19)16(23-10-17(21)22)9-15(20)11-4-2-1-3-5-11/h1-8,16H,9-10H2,(H,21,22). The zero-order chi connectivity index (χ0) is 16.8. The Morgan fingerprint density at radius 3 is 2.35 bits per heavy atom. The minimum Gasteiger partial charge on any atom is -0.481 e. The third-order valence-electron chi connectivity index (χ3n) is 3.19. The molecule has 0 amide bonds. The summed E-state index contributed by atoms with van der Waals surface area (Å²) in [5.41, 5.74) is 1.39. The molecule has 6 heteroatoms. The number of Topliss-reactive ketones (excluding diaryl/α,β-unsaturated/α-hetero) is 1. The lowest BCUT2D eigenvalue weighted by molar-refractivity contribution is -0.133. The topological polar surface area (TPSA) is 54.4 Å². The van der Waals surface area contributed by atoms with Crippen molar-refractivity contribution in [3.63, 3.8) is 0 Å².